The highest BCUT2D eigenvalue weighted by Gasteiger charge is 2.72. The Morgan fingerprint density at radius 2 is 1.78 bits per heavy atom. The van der Waals surface area contributed by atoms with Crippen molar-refractivity contribution in [2.75, 3.05) is 20.8 Å². The SMILES string of the molecule is COc1ccc(CNC(=O)C23CC(NC(=O)COc4ccc(Cl)c(F)c4)(C2)C3)cc1OC. The van der Waals surface area contributed by atoms with Crippen molar-refractivity contribution in [1.82, 2.24) is 10.6 Å². The van der Waals surface area contributed by atoms with Crippen LogP contribution >= 0.6 is 11.6 Å². The van der Waals surface area contributed by atoms with Crippen molar-refractivity contribution in [3.63, 3.8) is 0 Å². The van der Waals surface area contributed by atoms with Gasteiger partial charge in [0.1, 0.15) is 11.6 Å². The van der Waals surface area contributed by atoms with E-state index in [2.05, 4.69) is 10.6 Å². The maximum Gasteiger partial charge on any atom is 0.258 e. The quantitative estimate of drug-likeness (QED) is 0.597. The van der Waals surface area contributed by atoms with Crippen LogP contribution in [0.2, 0.25) is 5.02 Å². The van der Waals surface area contributed by atoms with Gasteiger partial charge in [-0.25, -0.2) is 4.39 Å². The molecule has 9 heteroatoms. The van der Waals surface area contributed by atoms with Crippen LogP contribution < -0.4 is 24.8 Å². The fourth-order valence-corrected chi connectivity index (χ4v) is 4.69. The van der Waals surface area contributed by atoms with Gasteiger partial charge in [0.2, 0.25) is 5.91 Å². The zero-order valence-electron chi connectivity index (χ0n) is 17.8. The Morgan fingerprint density at radius 3 is 2.44 bits per heavy atom. The monoisotopic (exact) mass is 462 g/mol. The number of benzene rings is 2. The zero-order chi connectivity index (χ0) is 22.9. The molecular formula is C23H24ClFN2O5. The second-order valence-corrected chi connectivity index (χ2v) is 8.78. The number of amides is 2. The first-order valence-corrected chi connectivity index (χ1v) is 10.5. The molecule has 3 saturated carbocycles. The lowest BCUT2D eigenvalue weighted by molar-refractivity contribution is -0.184. The summed E-state index contributed by atoms with van der Waals surface area (Å²) >= 11 is 5.63. The van der Waals surface area contributed by atoms with Gasteiger partial charge in [0.05, 0.1) is 24.7 Å². The Kier molecular flexibility index (Phi) is 5.90. The molecule has 32 heavy (non-hydrogen) atoms. The smallest absolute Gasteiger partial charge is 0.258 e. The fraction of sp³-hybridized carbons (Fsp3) is 0.391. The number of carbonyl (C=O) groups excluding carboxylic acids is 2. The Morgan fingerprint density at radius 1 is 1.06 bits per heavy atom. The van der Waals surface area contributed by atoms with Crippen molar-refractivity contribution < 1.29 is 28.2 Å². The molecule has 0 saturated heterocycles. The van der Waals surface area contributed by atoms with Crippen molar-refractivity contribution in [3.05, 3.63) is 52.8 Å². The van der Waals surface area contributed by atoms with E-state index in [-0.39, 0.29) is 34.7 Å². The first-order valence-electron chi connectivity index (χ1n) is 10.2. The highest BCUT2D eigenvalue weighted by molar-refractivity contribution is 6.30. The lowest BCUT2D eigenvalue weighted by Crippen LogP contribution is -2.78. The average Bonchev–Trinajstić information content (AvgIpc) is 2.74. The summed E-state index contributed by atoms with van der Waals surface area (Å²) in [6.45, 7) is 0.146. The predicted octanol–water partition coefficient (Wildman–Crippen LogP) is 3.23. The van der Waals surface area contributed by atoms with Crippen LogP contribution in [0.25, 0.3) is 0 Å². The number of ether oxygens (including phenoxy) is 3. The Hall–Kier alpha value is -3.00. The van der Waals surface area contributed by atoms with E-state index >= 15 is 0 Å². The van der Waals surface area contributed by atoms with E-state index in [1.807, 2.05) is 12.1 Å². The van der Waals surface area contributed by atoms with Crippen molar-refractivity contribution in [3.8, 4) is 17.2 Å². The van der Waals surface area contributed by atoms with Gasteiger partial charge in [0.15, 0.2) is 18.1 Å². The summed E-state index contributed by atoms with van der Waals surface area (Å²) in [6.07, 6.45) is 1.79. The number of halogens is 2. The number of nitrogens with one attached hydrogen (secondary N) is 2. The Balaban J connectivity index is 1.22. The van der Waals surface area contributed by atoms with Crippen molar-refractivity contribution in [2.45, 2.75) is 31.3 Å². The van der Waals surface area contributed by atoms with E-state index in [1.165, 1.54) is 12.1 Å². The Labute approximate surface area is 190 Å². The lowest BCUT2D eigenvalue weighted by atomic mass is 9.39. The van der Waals surface area contributed by atoms with Gasteiger partial charge in [-0.15, -0.1) is 0 Å². The highest BCUT2D eigenvalue weighted by atomic mass is 35.5. The summed E-state index contributed by atoms with van der Waals surface area (Å²) in [4.78, 5) is 24.9. The van der Waals surface area contributed by atoms with Crippen LogP contribution in [0, 0.1) is 11.2 Å². The summed E-state index contributed by atoms with van der Waals surface area (Å²) in [7, 11) is 3.13. The van der Waals surface area contributed by atoms with Gasteiger partial charge in [-0.3, -0.25) is 9.59 Å². The number of hydrogen-bond acceptors (Lipinski definition) is 5. The number of hydrogen-bond donors (Lipinski definition) is 2. The van der Waals surface area contributed by atoms with Crippen molar-refractivity contribution in [2.24, 2.45) is 5.41 Å². The van der Waals surface area contributed by atoms with Crippen LogP contribution in [-0.4, -0.2) is 38.2 Å². The first-order chi connectivity index (χ1) is 15.3. The molecule has 5 rings (SSSR count). The molecule has 2 amide bonds. The zero-order valence-corrected chi connectivity index (χ0v) is 18.6. The van der Waals surface area contributed by atoms with Crippen molar-refractivity contribution >= 4 is 23.4 Å². The lowest BCUT2D eigenvalue weighted by Gasteiger charge is -2.69. The molecule has 0 radical (unpaired) electrons. The minimum absolute atomic E-state index is 0.00892. The van der Waals surface area contributed by atoms with E-state index in [1.54, 1.807) is 20.3 Å². The fourth-order valence-electron chi connectivity index (χ4n) is 4.57. The number of methoxy groups -OCH3 is 2. The molecule has 2 aromatic carbocycles. The topological polar surface area (TPSA) is 85.9 Å². The standard InChI is InChI=1S/C23H24ClFN2O5/c1-30-18-6-3-14(7-19(18)31-2)9-26-21(29)22-11-23(12-22,13-22)27-20(28)10-32-15-4-5-16(24)17(25)8-15/h3-8H,9-13H2,1-2H3,(H,26,29)(H,27,28). The summed E-state index contributed by atoms with van der Waals surface area (Å²) in [5.74, 6) is 0.534. The molecule has 0 spiro atoms. The van der Waals surface area contributed by atoms with Gasteiger partial charge in [-0.2, -0.15) is 0 Å². The van der Waals surface area contributed by atoms with Crippen molar-refractivity contribution in [1.29, 1.82) is 0 Å². The van der Waals surface area contributed by atoms with Crippen LogP contribution in [0.3, 0.4) is 0 Å². The summed E-state index contributed by atoms with van der Waals surface area (Å²) in [5, 5.41) is 5.91. The molecule has 170 valence electrons. The summed E-state index contributed by atoms with van der Waals surface area (Å²) in [6, 6.07) is 9.50. The van der Waals surface area contributed by atoms with Gasteiger partial charge in [0.25, 0.3) is 5.91 Å². The molecule has 0 aliphatic heterocycles. The van der Waals surface area contributed by atoms with Crippen LogP contribution in [0.5, 0.6) is 17.2 Å². The van der Waals surface area contributed by atoms with Gasteiger partial charge < -0.3 is 24.8 Å². The average molecular weight is 463 g/mol. The van der Waals surface area contributed by atoms with E-state index in [4.69, 9.17) is 25.8 Å². The second kappa shape index (κ2) is 8.50. The Bertz CT molecular complexity index is 1040. The summed E-state index contributed by atoms with van der Waals surface area (Å²) < 4.78 is 29.3. The third-order valence-electron chi connectivity index (χ3n) is 6.08. The maximum absolute atomic E-state index is 13.4. The third-order valence-corrected chi connectivity index (χ3v) is 6.39. The molecule has 0 aromatic heterocycles. The van der Waals surface area contributed by atoms with Crippen LogP contribution in [0.1, 0.15) is 24.8 Å². The predicted molar refractivity (Wildman–Crippen MR) is 115 cm³/mol. The highest BCUT2D eigenvalue weighted by Crippen LogP contribution is 2.67. The molecule has 7 nitrogen and oxygen atoms in total. The van der Waals surface area contributed by atoms with Gasteiger partial charge >= 0.3 is 0 Å². The van der Waals surface area contributed by atoms with Gasteiger partial charge in [-0.1, -0.05) is 17.7 Å². The number of carbonyl (C=O) groups is 2. The molecule has 2 N–H and O–H groups in total. The third kappa shape index (κ3) is 4.19. The maximum atomic E-state index is 13.4. The molecule has 0 atom stereocenters. The van der Waals surface area contributed by atoms with Gasteiger partial charge in [0, 0.05) is 18.2 Å². The largest absolute Gasteiger partial charge is 0.493 e. The van der Waals surface area contributed by atoms with Crippen LogP contribution in [0.4, 0.5) is 4.39 Å². The molecule has 3 fully saturated rings. The van der Waals surface area contributed by atoms with E-state index in [0.717, 1.165) is 11.6 Å². The number of rotatable bonds is 9. The molecular weight excluding hydrogens is 439 g/mol. The molecule has 2 bridgehead atoms. The molecule has 3 aliphatic carbocycles. The first kappa shape index (κ1) is 22.2. The van der Waals surface area contributed by atoms with E-state index in [0.29, 0.717) is 37.3 Å². The van der Waals surface area contributed by atoms with E-state index < -0.39 is 11.2 Å². The molecule has 2 aromatic rings. The minimum Gasteiger partial charge on any atom is -0.493 e. The molecule has 3 aliphatic rings. The van der Waals surface area contributed by atoms with Crippen LogP contribution in [0.15, 0.2) is 36.4 Å². The summed E-state index contributed by atoms with van der Waals surface area (Å²) in [5.41, 5.74) is 0.123. The van der Waals surface area contributed by atoms with Crippen LogP contribution in [-0.2, 0) is 16.1 Å². The van der Waals surface area contributed by atoms with E-state index in [9.17, 15) is 14.0 Å². The van der Waals surface area contributed by atoms with Gasteiger partial charge in [-0.05, 0) is 49.1 Å². The normalized spacial score (nSPS) is 22.8. The minimum atomic E-state index is -0.606. The molecule has 0 unspecified atom stereocenters. The second-order valence-electron chi connectivity index (χ2n) is 8.38. The molecule has 0 heterocycles.